The summed E-state index contributed by atoms with van der Waals surface area (Å²) in [6, 6.07) is 7.66. The van der Waals surface area contributed by atoms with Crippen molar-refractivity contribution in [2.45, 2.75) is 58.4 Å². The molecule has 0 bridgehead atoms. The van der Waals surface area contributed by atoms with Crippen LogP contribution < -0.4 is 4.90 Å². The van der Waals surface area contributed by atoms with Crippen molar-refractivity contribution in [3.63, 3.8) is 0 Å². The fraction of sp³-hybridized carbons (Fsp3) is 0.636. The van der Waals surface area contributed by atoms with Gasteiger partial charge in [0.2, 0.25) is 11.8 Å². The molecule has 0 aromatic heterocycles. The van der Waals surface area contributed by atoms with E-state index in [-0.39, 0.29) is 35.8 Å². The number of nitrogens with zero attached hydrogens (tertiary/aromatic N) is 2. The fourth-order valence-corrected chi connectivity index (χ4v) is 6.18. The van der Waals surface area contributed by atoms with Gasteiger partial charge in [0.25, 0.3) is 0 Å². The summed E-state index contributed by atoms with van der Waals surface area (Å²) >= 11 is 0. The Bertz CT molecular complexity index is 867. The zero-order valence-electron chi connectivity index (χ0n) is 17.6. The van der Waals surface area contributed by atoms with Crippen molar-refractivity contribution in [2.24, 2.45) is 5.92 Å². The molecule has 7 heteroatoms. The van der Waals surface area contributed by atoms with Crippen LogP contribution in [0.5, 0.6) is 0 Å². The van der Waals surface area contributed by atoms with Gasteiger partial charge in [0.15, 0.2) is 9.84 Å². The van der Waals surface area contributed by atoms with Crippen LogP contribution >= 0.6 is 0 Å². The first-order valence-corrected chi connectivity index (χ1v) is 12.5. The highest BCUT2D eigenvalue weighted by Crippen LogP contribution is 2.34. The SMILES string of the molecule is CCCN(C(=O)[C@@H]1CC(=O)N(c2ccccc2[C@@H](C)CC)C1)[C@H]1CCS(=O)(=O)C1. The molecular formula is C22H32N2O4S. The summed E-state index contributed by atoms with van der Waals surface area (Å²) in [5.41, 5.74) is 2.02. The summed E-state index contributed by atoms with van der Waals surface area (Å²) in [4.78, 5) is 29.6. The van der Waals surface area contributed by atoms with Gasteiger partial charge in [-0.15, -0.1) is 0 Å². The molecule has 0 spiro atoms. The first-order valence-electron chi connectivity index (χ1n) is 10.7. The minimum Gasteiger partial charge on any atom is -0.338 e. The lowest BCUT2D eigenvalue weighted by Crippen LogP contribution is -2.45. The Morgan fingerprint density at radius 2 is 2.00 bits per heavy atom. The van der Waals surface area contributed by atoms with Crippen molar-refractivity contribution < 1.29 is 18.0 Å². The lowest BCUT2D eigenvalue weighted by Gasteiger charge is -2.30. The molecule has 0 radical (unpaired) electrons. The van der Waals surface area contributed by atoms with Crippen LogP contribution in [0.4, 0.5) is 5.69 Å². The van der Waals surface area contributed by atoms with E-state index in [1.807, 2.05) is 25.1 Å². The molecule has 0 unspecified atom stereocenters. The Morgan fingerprint density at radius 3 is 2.62 bits per heavy atom. The molecule has 6 nitrogen and oxygen atoms in total. The molecule has 160 valence electrons. The Hall–Kier alpha value is -1.89. The fourth-order valence-electron chi connectivity index (χ4n) is 4.45. The summed E-state index contributed by atoms with van der Waals surface area (Å²) in [6.07, 6.45) is 2.42. The molecule has 1 aromatic rings. The largest absolute Gasteiger partial charge is 0.338 e. The molecule has 1 aromatic carbocycles. The van der Waals surface area contributed by atoms with Gasteiger partial charge >= 0.3 is 0 Å². The lowest BCUT2D eigenvalue weighted by atomic mass is 9.96. The molecule has 2 aliphatic rings. The first-order chi connectivity index (χ1) is 13.8. The third-order valence-electron chi connectivity index (χ3n) is 6.24. The van der Waals surface area contributed by atoms with Gasteiger partial charge in [0.05, 0.1) is 17.4 Å². The zero-order chi connectivity index (χ0) is 21.2. The number of amides is 2. The number of hydrogen-bond acceptors (Lipinski definition) is 4. The van der Waals surface area contributed by atoms with Crippen molar-refractivity contribution >= 4 is 27.3 Å². The number of anilines is 1. The van der Waals surface area contributed by atoms with E-state index >= 15 is 0 Å². The molecular weight excluding hydrogens is 388 g/mol. The summed E-state index contributed by atoms with van der Waals surface area (Å²) in [5, 5.41) is 0. The minimum absolute atomic E-state index is 0.0328. The first kappa shape index (κ1) is 21.8. The second kappa shape index (κ2) is 8.86. The van der Waals surface area contributed by atoms with Gasteiger partial charge in [-0.3, -0.25) is 9.59 Å². The number of para-hydroxylation sites is 1. The lowest BCUT2D eigenvalue weighted by molar-refractivity contribution is -0.137. The van der Waals surface area contributed by atoms with Crippen LogP contribution in [-0.2, 0) is 19.4 Å². The maximum Gasteiger partial charge on any atom is 0.228 e. The average molecular weight is 421 g/mol. The highest BCUT2D eigenvalue weighted by molar-refractivity contribution is 7.91. The van der Waals surface area contributed by atoms with Gasteiger partial charge in [-0.1, -0.05) is 39.0 Å². The summed E-state index contributed by atoms with van der Waals surface area (Å²) in [6.45, 7) is 7.15. The predicted octanol–water partition coefficient (Wildman–Crippen LogP) is 2.98. The van der Waals surface area contributed by atoms with E-state index in [1.165, 1.54) is 0 Å². The number of carbonyl (C=O) groups excluding carboxylic acids is 2. The number of benzene rings is 1. The molecule has 0 aliphatic carbocycles. The molecule has 2 saturated heterocycles. The van der Waals surface area contributed by atoms with Gasteiger partial charge in [0, 0.05) is 31.2 Å². The van der Waals surface area contributed by atoms with Crippen molar-refractivity contribution in [3.8, 4) is 0 Å². The Balaban J connectivity index is 1.79. The smallest absolute Gasteiger partial charge is 0.228 e. The van der Waals surface area contributed by atoms with Crippen LogP contribution in [0, 0.1) is 5.92 Å². The van der Waals surface area contributed by atoms with Crippen molar-refractivity contribution in [1.29, 1.82) is 0 Å². The van der Waals surface area contributed by atoms with Crippen molar-refractivity contribution in [2.75, 3.05) is 29.5 Å². The molecule has 3 rings (SSSR count). The van der Waals surface area contributed by atoms with E-state index in [0.717, 1.165) is 24.1 Å². The number of sulfone groups is 1. The van der Waals surface area contributed by atoms with Gasteiger partial charge in [-0.2, -0.15) is 0 Å². The van der Waals surface area contributed by atoms with Crippen molar-refractivity contribution in [1.82, 2.24) is 4.90 Å². The van der Waals surface area contributed by atoms with Crippen LogP contribution in [0.3, 0.4) is 0 Å². The van der Waals surface area contributed by atoms with Gasteiger partial charge in [-0.25, -0.2) is 8.42 Å². The normalized spacial score (nSPS) is 24.7. The van der Waals surface area contributed by atoms with E-state index in [0.29, 0.717) is 25.4 Å². The van der Waals surface area contributed by atoms with Gasteiger partial charge in [0.1, 0.15) is 0 Å². The highest BCUT2D eigenvalue weighted by Gasteiger charge is 2.41. The Labute approximate surface area is 174 Å². The van der Waals surface area contributed by atoms with Gasteiger partial charge < -0.3 is 9.80 Å². The monoisotopic (exact) mass is 420 g/mol. The topological polar surface area (TPSA) is 74.8 Å². The second-order valence-electron chi connectivity index (χ2n) is 8.36. The highest BCUT2D eigenvalue weighted by atomic mass is 32.2. The van der Waals surface area contributed by atoms with Crippen LogP contribution in [0.25, 0.3) is 0 Å². The molecule has 2 amide bonds. The number of hydrogen-bond donors (Lipinski definition) is 0. The van der Waals surface area contributed by atoms with E-state index in [2.05, 4.69) is 19.9 Å². The summed E-state index contributed by atoms with van der Waals surface area (Å²) in [7, 11) is -3.07. The van der Waals surface area contributed by atoms with Crippen LogP contribution in [0.1, 0.15) is 57.9 Å². The quantitative estimate of drug-likeness (QED) is 0.680. The molecule has 0 saturated carbocycles. The number of rotatable bonds is 7. The minimum atomic E-state index is -3.07. The zero-order valence-corrected chi connectivity index (χ0v) is 18.5. The molecule has 29 heavy (non-hydrogen) atoms. The molecule has 2 fully saturated rings. The summed E-state index contributed by atoms with van der Waals surface area (Å²) < 4.78 is 23.8. The second-order valence-corrected chi connectivity index (χ2v) is 10.6. The molecule has 0 N–H and O–H groups in total. The predicted molar refractivity (Wildman–Crippen MR) is 115 cm³/mol. The number of carbonyl (C=O) groups is 2. The van der Waals surface area contributed by atoms with Crippen LogP contribution in [0.15, 0.2) is 24.3 Å². The van der Waals surface area contributed by atoms with Crippen LogP contribution in [-0.4, -0.2) is 55.8 Å². The van der Waals surface area contributed by atoms with Crippen LogP contribution in [0.2, 0.25) is 0 Å². The Morgan fingerprint density at radius 1 is 1.28 bits per heavy atom. The van der Waals surface area contributed by atoms with E-state index in [1.54, 1.807) is 9.80 Å². The Kier molecular flexibility index (Phi) is 6.66. The van der Waals surface area contributed by atoms with E-state index in [9.17, 15) is 18.0 Å². The van der Waals surface area contributed by atoms with E-state index < -0.39 is 15.8 Å². The van der Waals surface area contributed by atoms with Gasteiger partial charge in [-0.05, 0) is 36.8 Å². The van der Waals surface area contributed by atoms with E-state index in [4.69, 9.17) is 0 Å². The summed E-state index contributed by atoms with van der Waals surface area (Å²) in [5.74, 6) is -0.0137. The average Bonchev–Trinajstić information content (AvgIpc) is 3.26. The molecule has 2 aliphatic heterocycles. The van der Waals surface area contributed by atoms with Crippen molar-refractivity contribution in [3.05, 3.63) is 29.8 Å². The third-order valence-corrected chi connectivity index (χ3v) is 7.99. The standard InChI is InChI=1S/C22H32N2O4S/c1-4-11-23(18-10-12-29(27,28)15-18)22(26)17-13-21(25)24(14-17)20-9-7-6-8-19(20)16(3)5-2/h6-9,16-18H,4-5,10-15H2,1-3H3/t16-,17+,18-/m0/s1. The maximum atomic E-state index is 13.3. The molecule has 2 heterocycles. The maximum absolute atomic E-state index is 13.3. The molecule has 3 atom stereocenters. The third kappa shape index (κ3) is 4.65.